The van der Waals surface area contributed by atoms with Gasteiger partial charge in [0.1, 0.15) is 17.2 Å². The standard InChI is InChI=1S/C22H21F2N5O/c1-13-6-7-15(21(28-25)29(2)26)12-17(13)14-8-10-16(11-9-14)27-22(30)20-18(23)4-3-5-19(20)24/h3-12H,25-26H2,1-2H3,(H,27,30)/b28-21-. The van der Waals surface area contributed by atoms with Gasteiger partial charge in [0.25, 0.3) is 5.91 Å². The van der Waals surface area contributed by atoms with Gasteiger partial charge in [0.15, 0.2) is 5.84 Å². The predicted molar refractivity (Wildman–Crippen MR) is 114 cm³/mol. The van der Waals surface area contributed by atoms with Crippen LogP contribution < -0.4 is 17.0 Å². The first-order chi connectivity index (χ1) is 14.3. The van der Waals surface area contributed by atoms with E-state index in [1.807, 2.05) is 25.1 Å². The molecule has 0 heterocycles. The number of nitrogens with two attached hydrogens (primary N) is 2. The molecule has 0 aliphatic heterocycles. The lowest BCUT2D eigenvalue weighted by Crippen LogP contribution is -2.34. The summed E-state index contributed by atoms with van der Waals surface area (Å²) in [6, 6.07) is 15.9. The Morgan fingerprint density at radius 2 is 1.67 bits per heavy atom. The average Bonchev–Trinajstić information content (AvgIpc) is 2.70. The van der Waals surface area contributed by atoms with Crippen LogP contribution >= 0.6 is 0 Å². The molecule has 0 spiro atoms. The SMILES string of the molecule is Cc1ccc(/C(=N/N)N(C)N)cc1-c1ccc(NC(=O)c2c(F)cccc2F)cc1. The van der Waals surface area contributed by atoms with E-state index < -0.39 is 23.1 Å². The number of aryl methyl sites for hydroxylation is 1. The fourth-order valence-electron chi connectivity index (χ4n) is 3.08. The topological polar surface area (TPSA) is 96.7 Å². The molecule has 6 nitrogen and oxygen atoms in total. The highest BCUT2D eigenvalue weighted by molar-refractivity contribution is 6.04. The summed E-state index contributed by atoms with van der Waals surface area (Å²) in [5.41, 5.74) is 3.35. The Kier molecular flexibility index (Phi) is 6.08. The molecule has 0 fully saturated rings. The van der Waals surface area contributed by atoms with Gasteiger partial charge in [-0.15, -0.1) is 0 Å². The summed E-state index contributed by atoms with van der Waals surface area (Å²) >= 11 is 0. The number of rotatable bonds is 4. The van der Waals surface area contributed by atoms with Crippen LogP contribution in [0.4, 0.5) is 14.5 Å². The molecule has 0 unspecified atom stereocenters. The van der Waals surface area contributed by atoms with E-state index in [4.69, 9.17) is 11.7 Å². The van der Waals surface area contributed by atoms with Gasteiger partial charge in [0, 0.05) is 18.3 Å². The number of hydrazine groups is 1. The summed E-state index contributed by atoms with van der Waals surface area (Å²) in [6.45, 7) is 1.96. The van der Waals surface area contributed by atoms with Gasteiger partial charge in [-0.25, -0.2) is 14.6 Å². The Balaban J connectivity index is 1.87. The molecule has 0 aromatic heterocycles. The molecule has 3 aromatic rings. The molecule has 0 atom stereocenters. The Bertz CT molecular complexity index is 1090. The number of benzene rings is 3. The maximum atomic E-state index is 13.8. The summed E-state index contributed by atoms with van der Waals surface area (Å²) in [6.07, 6.45) is 0. The van der Waals surface area contributed by atoms with Gasteiger partial charge in [0.2, 0.25) is 0 Å². The van der Waals surface area contributed by atoms with Crippen LogP contribution in [0.1, 0.15) is 21.5 Å². The van der Waals surface area contributed by atoms with Crippen molar-refractivity contribution < 1.29 is 13.6 Å². The zero-order valence-electron chi connectivity index (χ0n) is 16.5. The smallest absolute Gasteiger partial charge is 0.261 e. The van der Waals surface area contributed by atoms with E-state index in [-0.39, 0.29) is 0 Å². The van der Waals surface area contributed by atoms with Crippen molar-refractivity contribution in [2.45, 2.75) is 6.92 Å². The average molecular weight is 409 g/mol. The third kappa shape index (κ3) is 4.28. The Morgan fingerprint density at radius 3 is 2.23 bits per heavy atom. The molecule has 8 heteroatoms. The van der Waals surface area contributed by atoms with Crippen LogP contribution in [0.3, 0.4) is 0 Å². The quantitative estimate of drug-likeness (QED) is 0.265. The predicted octanol–water partition coefficient (Wildman–Crippen LogP) is 3.62. The van der Waals surface area contributed by atoms with Gasteiger partial charge < -0.3 is 11.2 Å². The second-order valence-electron chi connectivity index (χ2n) is 6.72. The van der Waals surface area contributed by atoms with E-state index in [1.165, 1.54) is 11.1 Å². The molecule has 0 aliphatic rings. The lowest BCUT2D eigenvalue weighted by atomic mass is 9.97. The van der Waals surface area contributed by atoms with Crippen LogP contribution in [-0.4, -0.2) is 23.8 Å². The summed E-state index contributed by atoms with van der Waals surface area (Å²) in [5.74, 6) is 8.94. The van der Waals surface area contributed by atoms with Crippen molar-refractivity contribution in [1.82, 2.24) is 5.01 Å². The Labute approximate surface area is 172 Å². The molecular formula is C22H21F2N5O. The van der Waals surface area contributed by atoms with Crippen LogP contribution in [0, 0.1) is 18.6 Å². The lowest BCUT2D eigenvalue weighted by Gasteiger charge is -2.16. The highest BCUT2D eigenvalue weighted by Crippen LogP contribution is 2.27. The van der Waals surface area contributed by atoms with Crippen LogP contribution in [0.15, 0.2) is 65.8 Å². The molecule has 5 N–H and O–H groups in total. The molecule has 0 radical (unpaired) electrons. The third-order valence-electron chi connectivity index (χ3n) is 4.60. The maximum absolute atomic E-state index is 13.8. The largest absolute Gasteiger partial charge is 0.322 e. The minimum atomic E-state index is -0.918. The highest BCUT2D eigenvalue weighted by Gasteiger charge is 2.17. The van der Waals surface area contributed by atoms with Crippen molar-refractivity contribution in [3.05, 3.63) is 89.0 Å². The minimum absolute atomic E-state index is 0.408. The van der Waals surface area contributed by atoms with Gasteiger partial charge in [-0.2, -0.15) is 5.10 Å². The monoisotopic (exact) mass is 409 g/mol. The number of nitrogens with one attached hydrogen (secondary N) is 1. The van der Waals surface area contributed by atoms with Crippen LogP contribution in [0.5, 0.6) is 0 Å². The number of hydrogen-bond acceptors (Lipinski definition) is 4. The molecule has 0 saturated heterocycles. The van der Waals surface area contributed by atoms with Gasteiger partial charge in [-0.1, -0.05) is 30.3 Å². The van der Waals surface area contributed by atoms with Crippen LogP contribution in [0.2, 0.25) is 0 Å². The van der Waals surface area contributed by atoms with Crippen molar-refractivity contribution in [2.75, 3.05) is 12.4 Å². The number of anilines is 1. The Morgan fingerprint density at radius 1 is 1.03 bits per heavy atom. The van der Waals surface area contributed by atoms with E-state index in [9.17, 15) is 13.6 Å². The minimum Gasteiger partial charge on any atom is -0.322 e. The summed E-state index contributed by atoms with van der Waals surface area (Å²) < 4.78 is 27.6. The van der Waals surface area contributed by atoms with Crippen molar-refractivity contribution in [3.8, 4) is 11.1 Å². The van der Waals surface area contributed by atoms with Gasteiger partial charge in [0.05, 0.1) is 0 Å². The summed E-state index contributed by atoms with van der Waals surface area (Å²) in [7, 11) is 1.64. The van der Waals surface area contributed by atoms with E-state index in [1.54, 1.807) is 31.3 Å². The Hall–Kier alpha value is -3.78. The van der Waals surface area contributed by atoms with E-state index in [0.717, 1.165) is 34.4 Å². The van der Waals surface area contributed by atoms with Crippen molar-refractivity contribution >= 4 is 17.4 Å². The second kappa shape index (κ2) is 8.71. The molecule has 30 heavy (non-hydrogen) atoms. The first-order valence-corrected chi connectivity index (χ1v) is 9.05. The normalized spacial score (nSPS) is 11.3. The molecule has 154 valence electrons. The van der Waals surface area contributed by atoms with Gasteiger partial charge >= 0.3 is 0 Å². The second-order valence-corrected chi connectivity index (χ2v) is 6.72. The molecule has 0 saturated carbocycles. The van der Waals surface area contributed by atoms with Crippen LogP contribution in [0.25, 0.3) is 11.1 Å². The molecule has 1 amide bonds. The van der Waals surface area contributed by atoms with Gasteiger partial charge in [-0.3, -0.25) is 9.80 Å². The number of carbonyl (C=O) groups is 1. The summed E-state index contributed by atoms with van der Waals surface area (Å²) in [4.78, 5) is 12.2. The molecule has 0 bridgehead atoms. The fourth-order valence-corrected chi connectivity index (χ4v) is 3.08. The zero-order valence-corrected chi connectivity index (χ0v) is 16.5. The number of hydrazone groups is 1. The van der Waals surface area contributed by atoms with E-state index in [0.29, 0.717) is 11.5 Å². The summed E-state index contributed by atoms with van der Waals surface area (Å²) in [5, 5.41) is 7.56. The number of amidine groups is 1. The first-order valence-electron chi connectivity index (χ1n) is 9.05. The van der Waals surface area contributed by atoms with Gasteiger partial charge in [-0.05, 0) is 53.9 Å². The molecular weight excluding hydrogens is 388 g/mol. The fraction of sp³-hybridized carbons (Fsp3) is 0.0909. The van der Waals surface area contributed by atoms with Crippen molar-refractivity contribution in [2.24, 2.45) is 16.8 Å². The highest BCUT2D eigenvalue weighted by atomic mass is 19.1. The third-order valence-corrected chi connectivity index (χ3v) is 4.60. The lowest BCUT2D eigenvalue weighted by molar-refractivity contribution is 0.101. The molecule has 3 aromatic carbocycles. The molecule has 0 aliphatic carbocycles. The van der Waals surface area contributed by atoms with Crippen molar-refractivity contribution in [1.29, 1.82) is 0 Å². The maximum Gasteiger partial charge on any atom is 0.261 e. The zero-order chi connectivity index (χ0) is 21.8. The first kappa shape index (κ1) is 20.9. The van der Waals surface area contributed by atoms with Crippen LogP contribution in [-0.2, 0) is 0 Å². The van der Waals surface area contributed by atoms with Crippen molar-refractivity contribution in [3.63, 3.8) is 0 Å². The number of carbonyl (C=O) groups excluding carboxylic acids is 1. The number of halogens is 2. The number of nitrogens with zero attached hydrogens (tertiary/aromatic N) is 2. The van der Waals surface area contributed by atoms with E-state index >= 15 is 0 Å². The van der Waals surface area contributed by atoms with E-state index in [2.05, 4.69) is 10.4 Å². The number of hydrogen-bond donors (Lipinski definition) is 3. The molecule has 3 rings (SSSR count). The number of amides is 1.